The van der Waals surface area contributed by atoms with Gasteiger partial charge in [-0.3, -0.25) is 0 Å². The van der Waals surface area contributed by atoms with E-state index in [1.54, 1.807) is 19.1 Å². The first-order chi connectivity index (χ1) is 11.7. The maximum atomic E-state index is 11.4. The smallest absolute Gasteiger partial charge is 0.330 e. The number of nitrogens with zero attached hydrogens (tertiary/aromatic N) is 1. The molecule has 2 aromatic carbocycles. The Morgan fingerprint density at radius 2 is 1.96 bits per heavy atom. The molecule has 2 rings (SSSR count). The zero-order valence-corrected chi connectivity index (χ0v) is 13.8. The molecule has 0 heterocycles. The first-order valence-corrected chi connectivity index (χ1v) is 7.71. The van der Waals surface area contributed by atoms with Gasteiger partial charge in [-0.2, -0.15) is 5.26 Å². The molecule has 0 fully saturated rings. The van der Waals surface area contributed by atoms with Gasteiger partial charge in [0.15, 0.2) is 0 Å². The molecule has 0 saturated heterocycles. The van der Waals surface area contributed by atoms with Gasteiger partial charge in [-0.25, -0.2) is 4.79 Å². The molecule has 0 amide bonds. The molecular weight excluding hydrogens is 302 g/mol. The Morgan fingerprint density at radius 1 is 1.21 bits per heavy atom. The van der Waals surface area contributed by atoms with Gasteiger partial charge in [0.2, 0.25) is 0 Å². The van der Waals surface area contributed by atoms with Crippen molar-refractivity contribution in [3.05, 3.63) is 70.8 Å². The fourth-order valence-electron chi connectivity index (χ4n) is 2.24. The molecule has 4 nitrogen and oxygen atoms in total. The predicted molar refractivity (Wildman–Crippen MR) is 92.3 cm³/mol. The highest BCUT2D eigenvalue weighted by molar-refractivity contribution is 5.87. The van der Waals surface area contributed by atoms with Crippen LogP contribution in [0, 0.1) is 18.3 Å². The van der Waals surface area contributed by atoms with Gasteiger partial charge in [-0.05, 0) is 43.2 Å². The van der Waals surface area contributed by atoms with Crippen LogP contribution in [0.2, 0.25) is 0 Å². The highest BCUT2D eigenvalue weighted by Crippen LogP contribution is 2.26. The van der Waals surface area contributed by atoms with Crippen LogP contribution in [0.15, 0.2) is 48.5 Å². The lowest BCUT2D eigenvalue weighted by Gasteiger charge is -2.12. The summed E-state index contributed by atoms with van der Waals surface area (Å²) < 4.78 is 10.7. The lowest BCUT2D eigenvalue weighted by molar-refractivity contribution is -0.137. The van der Waals surface area contributed by atoms with Crippen molar-refractivity contribution < 1.29 is 14.3 Å². The number of carbonyl (C=O) groups excluding carboxylic acids is 1. The van der Waals surface area contributed by atoms with Crippen molar-refractivity contribution in [2.75, 3.05) is 6.61 Å². The average Bonchev–Trinajstić information content (AvgIpc) is 2.60. The number of rotatable bonds is 6. The van der Waals surface area contributed by atoms with Gasteiger partial charge in [0.25, 0.3) is 0 Å². The standard InChI is InChI=1S/C20H19NO3/c1-3-23-20(22)12-10-17-9-11-19(15(2)18(17)13-21)24-14-16-7-5-4-6-8-16/h4-12H,3,14H2,1-2H3. The SMILES string of the molecule is CCOC(=O)C=Cc1ccc(OCc2ccccc2)c(C)c1C#N. The second-order valence-electron chi connectivity index (χ2n) is 5.12. The Hall–Kier alpha value is -3.06. The van der Waals surface area contributed by atoms with Crippen molar-refractivity contribution in [2.24, 2.45) is 0 Å². The summed E-state index contributed by atoms with van der Waals surface area (Å²) in [7, 11) is 0. The Morgan fingerprint density at radius 3 is 2.62 bits per heavy atom. The van der Waals surface area contributed by atoms with Crippen LogP contribution in [-0.2, 0) is 16.1 Å². The average molecular weight is 321 g/mol. The van der Waals surface area contributed by atoms with E-state index < -0.39 is 5.97 Å². The third-order valence-corrected chi connectivity index (χ3v) is 3.48. The minimum atomic E-state index is -0.427. The number of nitriles is 1. The van der Waals surface area contributed by atoms with E-state index in [2.05, 4.69) is 6.07 Å². The van der Waals surface area contributed by atoms with E-state index in [9.17, 15) is 10.1 Å². The lowest BCUT2D eigenvalue weighted by Crippen LogP contribution is -2.00. The van der Waals surface area contributed by atoms with Crippen LogP contribution in [0.3, 0.4) is 0 Å². The molecule has 0 aliphatic rings. The quantitative estimate of drug-likeness (QED) is 0.595. The molecule has 0 radical (unpaired) electrons. The highest BCUT2D eigenvalue weighted by Gasteiger charge is 2.10. The Kier molecular flexibility index (Phi) is 6.16. The van der Waals surface area contributed by atoms with Crippen molar-refractivity contribution in [3.63, 3.8) is 0 Å². The van der Waals surface area contributed by atoms with Gasteiger partial charge in [-0.15, -0.1) is 0 Å². The Balaban J connectivity index is 2.18. The third-order valence-electron chi connectivity index (χ3n) is 3.48. The monoisotopic (exact) mass is 321 g/mol. The second kappa shape index (κ2) is 8.54. The van der Waals surface area contributed by atoms with Crippen molar-refractivity contribution in [2.45, 2.75) is 20.5 Å². The van der Waals surface area contributed by atoms with Gasteiger partial charge in [0.05, 0.1) is 12.2 Å². The van der Waals surface area contributed by atoms with Gasteiger partial charge in [0, 0.05) is 11.6 Å². The van der Waals surface area contributed by atoms with Crippen LogP contribution in [0.25, 0.3) is 6.08 Å². The minimum absolute atomic E-state index is 0.319. The van der Waals surface area contributed by atoms with E-state index in [-0.39, 0.29) is 0 Å². The summed E-state index contributed by atoms with van der Waals surface area (Å²) in [4.78, 5) is 11.4. The van der Waals surface area contributed by atoms with Gasteiger partial charge in [0.1, 0.15) is 18.4 Å². The van der Waals surface area contributed by atoms with Gasteiger partial charge >= 0.3 is 5.97 Å². The zero-order valence-electron chi connectivity index (χ0n) is 13.8. The van der Waals surface area contributed by atoms with Crippen LogP contribution in [-0.4, -0.2) is 12.6 Å². The van der Waals surface area contributed by atoms with E-state index in [4.69, 9.17) is 9.47 Å². The molecule has 0 bridgehead atoms. The van der Waals surface area contributed by atoms with Gasteiger partial charge < -0.3 is 9.47 Å². The zero-order chi connectivity index (χ0) is 17.4. The molecule has 0 aliphatic heterocycles. The fourth-order valence-corrected chi connectivity index (χ4v) is 2.24. The third kappa shape index (κ3) is 4.47. The highest BCUT2D eigenvalue weighted by atomic mass is 16.5. The Labute approximate surface area is 141 Å². The predicted octanol–water partition coefficient (Wildman–Crippen LogP) is 4.02. The summed E-state index contributed by atoms with van der Waals surface area (Å²) in [6.07, 6.45) is 2.91. The van der Waals surface area contributed by atoms with E-state index in [0.29, 0.717) is 30.1 Å². The van der Waals surface area contributed by atoms with E-state index in [1.807, 2.05) is 43.3 Å². The largest absolute Gasteiger partial charge is 0.489 e. The molecule has 0 atom stereocenters. The molecule has 24 heavy (non-hydrogen) atoms. The number of benzene rings is 2. The number of hydrogen-bond acceptors (Lipinski definition) is 4. The summed E-state index contributed by atoms with van der Waals surface area (Å²) in [6, 6.07) is 15.6. The van der Waals surface area contributed by atoms with Crippen molar-refractivity contribution in [1.82, 2.24) is 0 Å². The van der Waals surface area contributed by atoms with Crippen molar-refractivity contribution in [3.8, 4) is 11.8 Å². The number of hydrogen-bond donors (Lipinski definition) is 0. The molecule has 0 spiro atoms. The molecule has 4 heteroatoms. The number of esters is 1. The molecule has 0 aliphatic carbocycles. The molecule has 0 N–H and O–H groups in total. The molecule has 0 unspecified atom stereocenters. The first kappa shape index (κ1) is 17.3. The summed E-state index contributed by atoms with van der Waals surface area (Å²) in [5.41, 5.74) is 2.96. The van der Waals surface area contributed by atoms with Crippen LogP contribution >= 0.6 is 0 Å². The summed E-state index contributed by atoms with van der Waals surface area (Å²) in [5.74, 6) is 0.229. The molecule has 2 aromatic rings. The minimum Gasteiger partial charge on any atom is -0.489 e. The van der Waals surface area contributed by atoms with Crippen LogP contribution in [0.1, 0.15) is 29.2 Å². The molecule has 0 aromatic heterocycles. The molecular formula is C20H19NO3. The lowest BCUT2D eigenvalue weighted by atomic mass is 10.0. The number of ether oxygens (including phenoxy) is 2. The fraction of sp³-hybridized carbons (Fsp3) is 0.200. The van der Waals surface area contributed by atoms with E-state index >= 15 is 0 Å². The number of carbonyl (C=O) groups is 1. The second-order valence-corrected chi connectivity index (χ2v) is 5.12. The topological polar surface area (TPSA) is 59.3 Å². The normalized spacial score (nSPS) is 10.4. The maximum absolute atomic E-state index is 11.4. The summed E-state index contributed by atoms with van der Waals surface area (Å²) in [6.45, 7) is 4.33. The molecule has 0 saturated carbocycles. The summed E-state index contributed by atoms with van der Waals surface area (Å²) in [5, 5.41) is 9.42. The van der Waals surface area contributed by atoms with Crippen LogP contribution in [0.4, 0.5) is 0 Å². The summed E-state index contributed by atoms with van der Waals surface area (Å²) >= 11 is 0. The van der Waals surface area contributed by atoms with Crippen molar-refractivity contribution in [1.29, 1.82) is 5.26 Å². The van der Waals surface area contributed by atoms with Crippen LogP contribution < -0.4 is 4.74 Å². The first-order valence-electron chi connectivity index (χ1n) is 7.71. The van der Waals surface area contributed by atoms with E-state index in [0.717, 1.165) is 11.1 Å². The van der Waals surface area contributed by atoms with E-state index in [1.165, 1.54) is 6.08 Å². The molecule has 122 valence electrons. The van der Waals surface area contributed by atoms with Crippen LogP contribution in [0.5, 0.6) is 5.75 Å². The Bertz CT molecular complexity index is 773. The van der Waals surface area contributed by atoms with Crippen molar-refractivity contribution >= 4 is 12.0 Å². The maximum Gasteiger partial charge on any atom is 0.330 e. The van der Waals surface area contributed by atoms with Gasteiger partial charge in [-0.1, -0.05) is 30.3 Å².